The van der Waals surface area contributed by atoms with Gasteiger partial charge < -0.3 is 10.6 Å². The molecule has 0 saturated carbocycles. The first-order valence-corrected chi connectivity index (χ1v) is 7.02. The maximum Gasteiger partial charge on any atom is 0.220 e. The highest BCUT2D eigenvalue weighted by atomic mass is 16.1. The van der Waals surface area contributed by atoms with Crippen molar-refractivity contribution in [1.82, 2.24) is 20.4 Å². The molecule has 1 heterocycles. The molecule has 0 radical (unpaired) electrons. The summed E-state index contributed by atoms with van der Waals surface area (Å²) in [5, 5.41) is 10.5. The number of carbonyl (C=O) groups is 1. The van der Waals surface area contributed by atoms with E-state index in [-0.39, 0.29) is 5.91 Å². The largest absolute Gasteiger partial charge is 0.355 e. The SMILES string of the molecule is CCCNCCNC(=O)CCc1c(C)nn(C)c1C. The molecule has 0 aliphatic carbocycles. The molecule has 0 fully saturated rings. The average molecular weight is 266 g/mol. The number of amides is 1. The Hall–Kier alpha value is -1.36. The summed E-state index contributed by atoms with van der Waals surface area (Å²) in [5.74, 6) is 0.112. The number of hydrogen-bond acceptors (Lipinski definition) is 3. The Morgan fingerprint density at radius 3 is 2.58 bits per heavy atom. The Labute approximate surface area is 115 Å². The molecule has 0 saturated heterocycles. The van der Waals surface area contributed by atoms with Crippen molar-refractivity contribution in [2.24, 2.45) is 7.05 Å². The zero-order valence-corrected chi connectivity index (χ0v) is 12.5. The lowest BCUT2D eigenvalue weighted by Crippen LogP contribution is -2.32. The first kappa shape index (κ1) is 15.7. The molecule has 19 heavy (non-hydrogen) atoms. The fourth-order valence-corrected chi connectivity index (χ4v) is 2.10. The van der Waals surface area contributed by atoms with E-state index < -0.39 is 0 Å². The zero-order chi connectivity index (χ0) is 14.3. The van der Waals surface area contributed by atoms with Crippen LogP contribution in [0.25, 0.3) is 0 Å². The van der Waals surface area contributed by atoms with Gasteiger partial charge in [-0.1, -0.05) is 6.92 Å². The molecule has 0 unspecified atom stereocenters. The third kappa shape index (κ3) is 5.03. The van der Waals surface area contributed by atoms with E-state index >= 15 is 0 Å². The van der Waals surface area contributed by atoms with Gasteiger partial charge in [-0.3, -0.25) is 9.48 Å². The molecular weight excluding hydrogens is 240 g/mol. The normalized spacial score (nSPS) is 10.7. The first-order chi connectivity index (χ1) is 9.06. The highest BCUT2D eigenvalue weighted by Gasteiger charge is 2.10. The van der Waals surface area contributed by atoms with E-state index in [4.69, 9.17) is 0 Å². The molecule has 0 bridgehead atoms. The van der Waals surface area contributed by atoms with Crippen molar-refractivity contribution in [2.45, 2.75) is 40.0 Å². The molecule has 1 aromatic heterocycles. The Balaban J connectivity index is 2.26. The molecule has 108 valence electrons. The zero-order valence-electron chi connectivity index (χ0n) is 12.5. The predicted molar refractivity (Wildman–Crippen MR) is 77.2 cm³/mol. The van der Waals surface area contributed by atoms with Gasteiger partial charge in [0.2, 0.25) is 5.91 Å². The second-order valence-electron chi connectivity index (χ2n) is 4.87. The standard InChI is InChI=1S/C14H26N4O/c1-5-8-15-9-10-16-14(19)7-6-13-11(2)17-18(4)12(13)3/h15H,5-10H2,1-4H3,(H,16,19). The molecule has 0 atom stereocenters. The molecule has 1 aromatic rings. The molecular formula is C14H26N4O. The van der Waals surface area contributed by atoms with Crippen molar-refractivity contribution in [3.8, 4) is 0 Å². The average Bonchev–Trinajstić information content (AvgIpc) is 2.61. The fourth-order valence-electron chi connectivity index (χ4n) is 2.10. The number of nitrogens with one attached hydrogen (secondary N) is 2. The summed E-state index contributed by atoms with van der Waals surface area (Å²) in [6.45, 7) is 8.71. The van der Waals surface area contributed by atoms with Crippen LogP contribution in [0.4, 0.5) is 0 Å². The first-order valence-electron chi connectivity index (χ1n) is 7.02. The van der Waals surface area contributed by atoms with Gasteiger partial charge in [-0.15, -0.1) is 0 Å². The van der Waals surface area contributed by atoms with Crippen LogP contribution in [0.5, 0.6) is 0 Å². The minimum Gasteiger partial charge on any atom is -0.355 e. The van der Waals surface area contributed by atoms with E-state index in [1.54, 1.807) is 0 Å². The van der Waals surface area contributed by atoms with Gasteiger partial charge in [-0.25, -0.2) is 0 Å². The number of rotatable bonds is 8. The van der Waals surface area contributed by atoms with Crippen LogP contribution in [0.15, 0.2) is 0 Å². The topological polar surface area (TPSA) is 58.9 Å². The van der Waals surface area contributed by atoms with Crippen LogP contribution in [0, 0.1) is 13.8 Å². The van der Waals surface area contributed by atoms with Gasteiger partial charge in [-0.2, -0.15) is 5.10 Å². The quantitative estimate of drug-likeness (QED) is 0.692. The highest BCUT2D eigenvalue weighted by molar-refractivity contribution is 5.76. The Morgan fingerprint density at radius 2 is 2.00 bits per heavy atom. The number of hydrogen-bond donors (Lipinski definition) is 2. The maximum atomic E-state index is 11.7. The van der Waals surface area contributed by atoms with E-state index in [0.717, 1.165) is 37.3 Å². The Kier molecular flexibility index (Phi) is 6.56. The summed E-state index contributed by atoms with van der Waals surface area (Å²) < 4.78 is 1.87. The molecule has 5 heteroatoms. The summed E-state index contributed by atoms with van der Waals surface area (Å²) in [6, 6.07) is 0. The van der Waals surface area contributed by atoms with E-state index in [1.165, 1.54) is 5.56 Å². The van der Waals surface area contributed by atoms with Gasteiger partial charge in [0.1, 0.15) is 0 Å². The lowest BCUT2D eigenvalue weighted by molar-refractivity contribution is -0.121. The summed E-state index contributed by atoms with van der Waals surface area (Å²) in [4.78, 5) is 11.7. The molecule has 5 nitrogen and oxygen atoms in total. The summed E-state index contributed by atoms with van der Waals surface area (Å²) in [7, 11) is 1.94. The maximum absolute atomic E-state index is 11.7. The van der Waals surface area contributed by atoms with Crippen LogP contribution in [0.2, 0.25) is 0 Å². The second-order valence-corrected chi connectivity index (χ2v) is 4.87. The minimum atomic E-state index is 0.112. The van der Waals surface area contributed by atoms with E-state index in [9.17, 15) is 4.79 Å². The number of aryl methyl sites for hydroxylation is 2. The highest BCUT2D eigenvalue weighted by Crippen LogP contribution is 2.13. The molecule has 0 spiro atoms. The van der Waals surface area contributed by atoms with Gasteiger partial charge in [0.25, 0.3) is 0 Å². The third-order valence-electron chi connectivity index (χ3n) is 3.31. The minimum absolute atomic E-state index is 0.112. The van der Waals surface area contributed by atoms with Crippen LogP contribution in [-0.2, 0) is 18.3 Å². The summed E-state index contributed by atoms with van der Waals surface area (Å²) in [5.41, 5.74) is 3.37. The Bertz CT molecular complexity index is 412. The van der Waals surface area contributed by atoms with E-state index in [1.807, 2.05) is 25.6 Å². The number of nitrogens with zero attached hydrogens (tertiary/aromatic N) is 2. The molecule has 0 aliphatic heterocycles. The van der Waals surface area contributed by atoms with Gasteiger partial charge in [0.05, 0.1) is 5.69 Å². The summed E-state index contributed by atoms with van der Waals surface area (Å²) >= 11 is 0. The van der Waals surface area contributed by atoms with Crippen molar-refractivity contribution in [3.05, 3.63) is 17.0 Å². The molecule has 2 N–H and O–H groups in total. The van der Waals surface area contributed by atoms with Crippen molar-refractivity contribution < 1.29 is 4.79 Å². The van der Waals surface area contributed by atoms with E-state index in [2.05, 4.69) is 22.7 Å². The summed E-state index contributed by atoms with van der Waals surface area (Å²) in [6.07, 6.45) is 2.41. The predicted octanol–water partition coefficient (Wildman–Crippen LogP) is 1.09. The fraction of sp³-hybridized carbons (Fsp3) is 0.714. The monoisotopic (exact) mass is 266 g/mol. The number of carbonyl (C=O) groups excluding carboxylic acids is 1. The van der Waals surface area contributed by atoms with Crippen LogP contribution in [0.1, 0.15) is 36.7 Å². The van der Waals surface area contributed by atoms with Crippen molar-refractivity contribution >= 4 is 5.91 Å². The lowest BCUT2D eigenvalue weighted by atomic mass is 10.1. The third-order valence-corrected chi connectivity index (χ3v) is 3.31. The Morgan fingerprint density at radius 1 is 1.26 bits per heavy atom. The van der Waals surface area contributed by atoms with Gasteiger partial charge in [0.15, 0.2) is 0 Å². The van der Waals surface area contributed by atoms with Gasteiger partial charge in [-0.05, 0) is 38.8 Å². The van der Waals surface area contributed by atoms with Crippen molar-refractivity contribution in [3.63, 3.8) is 0 Å². The van der Waals surface area contributed by atoms with Crippen molar-refractivity contribution in [1.29, 1.82) is 0 Å². The van der Waals surface area contributed by atoms with Crippen molar-refractivity contribution in [2.75, 3.05) is 19.6 Å². The van der Waals surface area contributed by atoms with Crippen LogP contribution in [0.3, 0.4) is 0 Å². The molecule has 0 aromatic carbocycles. The van der Waals surface area contributed by atoms with Crippen LogP contribution >= 0.6 is 0 Å². The van der Waals surface area contributed by atoms with Crippen LogP contribution in [-0.4, -0.2) is 35.3 Å². The lowest BCUT2D eigenvalue weighted by Gasteiger charge is -2.06. The molecule has 0 aliphatic rings. The smallest absolute Gasteiger partial charge is 0.220 e. The second kappa shape index (κ2) is 7.94. The van der Waals surface area contributed by atoms with Gasteiger partial charge >= 0.3 is 0 Å². The molecule has 1 amide bonds. The van der Waals surface area contributed by atoms with Gasteiger partial charge in [0, 0.05) is 32.3 Å². The van der Waals surface area contributed by atoms with E-state index in [0.29, 0.717) is 13.0 Å². The number of aromatic nitrogens is 2. The molecule has 1 rings (SSSR count). The van der Waals surface area contributed by atoms with Crippen LogP contribution < -0.4 is 10.6 Å².